The van der Waals surface area contributed by atoms with E-state index in [9.17, 15) is 9.18 Å². The van der Waals surface area contributed by atoms with Crippen LogP contribution in [-0.4, -0.2) is 16.1 Å². The van der Waals surface area contributed by atoms with Gasteiger partial charge in [0.2, 0.25) is 0 Å². The first-order valence-electron chi connectivity index (χ1n) is 5.31. The van der Waals surface area contributed by atoms with Gasteiger partial charge in [0.05, 0.1) is 11.8 Å². The van der Waals surface area contributed by atoms with Crippen LogP contribution in [-0.2, 0) is 6.61 Å². The number of hydrogen-bond donors (Lipinski definition) is 1. The van der Waals surface area contributed by atoms with Gasteiger partial charge >= 0.3 is 5.97 Å². The van der Waals surface area contributed by atoms with Gasteiger partial charge in [-0.25, -0.2) is 9.18 Å². The Labute approximate surface area is 117 Å². The van der Waals surface area contributed by atoms with E-state index in [4.69, 9.17) is 9.84 Å². The molecule has 1 aromatic heterocycles. The first-order valence-corrected chi connectivity index (χ1v) is 6.10. The van der Waals surface area contributed by atoms with Gasteiger partial charge < -0.3 is 9.84 Å². The van der Waals surface area contributed by atoms with Crippen molar-refractivity contribution in [2.75, 3.05) is 0 Å². The number of carboxylic acids is 1. The molecule has 1 heterocycles. The third-order valence-corrected chi connectivity index (χ3v) is 3.11. The normalized spacial score (nSPS) is 10.2. The Balaban J connectivity index is 2.10. The molecule has 0 spiro atoms. The standard InChI is InChI=1S/C13H9BrFNO3/c14-12-4-10(15)2-1-8(12)7-19-11-3-9(13(17)18)5-16-6-11/h1-6H,7H2,(H,17,18). The van der Waals surface area contributed by atoms with Crippen LogP contribution in [0.4, 0.5) is 4.39 Å². The van der Waals surface area contributed by atoms with E-state index in [0.29, 0.717) is 10.2 Å². The van der Waals surface area contributed by atoms with Gasteiger partial charge in [0.1, 0.15) is 18.2 Å². The van der Waals surface area contributed by atoms with Gasteiger partial charge in [0.15, 0.2) is 0 Å². The van der Waals surface area contributed by atoms with Crippen molar-refractivity contribution in [1.29, 1.82) is 0 Å². The molecule has 0 unspecified atom stereocenters. The zero-order valence-electron chi connectivity index (χ0n) is 9.64. The van der Waals surface area contributed by atoms with E-state index in [0.717, 1.165) is 5.56 Å². The average molecular weight is 326 g/mol. The van der Waals surface area contributed by atoms with Crippen LogP contribution in [0.1, 0.15) is 15.9 Å². The fourth-order valence-electron chi connectivity index (χ4n) is 1.41. The summed E-state index contributed by atoms with van der Waals surface area (Å²) >= 11 is 3.23. The van der Waals surface area contributed by atoms with Gasteiger partial charge in [-0.05, 0) is 18.2 Å². The lowest BCUT2D eigenvalue weighted by Crippen LogP contribution is -2.01. The first kappa shape index (κ1) is 13.5. The summed E-state index contributed by atoms with van der Waals surface area (Å²) in [5.74, 6) is -1.07. The van der Waals surface area contributed by atoms with Crippen LogP contribution >= 0.6 is 15.9 Å². The molecular weight excluding hydrogens is 317 g/mol. The summed E-state index contributed by atoms with van der Waals surface area (Å²) in [4.78, 5) is 14.6. The Bertz CT molecular complexity index is 619. The summed E-state index contributed by atoms with van der Waals surface area (Å²) < 4.78 is 18.9. The number of halogens is 2. The highest BCUT2D eigenvalue weighted by atomic mass is 79.9. The van der Waals surface area contributed by atoms with Crippen molar-refractivity contribution in [2.24, 2.45) is 0 Å². The van der Waals surface area contributed by atoms with Gasteiger partial charge in [-0.1, -0.05) is 22.0 Å². The van der Waals surface area contributed by atoms with E-state index in [1.54, 1.807) is 6.07 Å². The predicted molar refractivity (Wildman–Crippen MR) is 69.6 cm³/mol. The number of carbonyl (C=O) groups is 1. The molecule has 0 saturated carbocycles. The maximum Gasteiger partial charge on any atom is 0.337 e. The number of ether oxygens (including phenoxy) is 1. The average Bonchev–Trinajstić information content (AvgIpc) is 2.38. The van der Waals surface area contributed by atoms with Crippen molar-refractivity contribution in [1.82, 2.24) is 4.98 Å². The Morgan fingerprint density at radius 3 is 2.84 bits per heavy atom. The second-order valence-electron chi connectivity index (χ2n) is 3.74. The molecule has 2 aromatic rings. The van der Waals surface area contributed by atoms with Gasteiger partial charge in [-0.3, -0.25) is 4.98 Å². The number of carboxylic acid groups (broad SMARTS) is 1. The Morgan fingerprint density at radius 1 is 1.37 bits per heavy atom. The third-order valence-electron chi connectivity index (χ3n) is 2.37. The second kappa shape index (κ2) is 5.79. The smallest absolute Gasteiger partial charge is 0.337 e. The quantitative estimate of drug-likeness (QED) is 0.937. The monoisotopic (exact) mass is 325 g/mol. The maximum atomic E-state index is 12.9. The number of nitrogens with zero attached hydrogens (tertiary/aromatic N) is 1. The van der Waals surface area contributed by atoms with E-state index in [1.165, 1.54) is 30.6 Å². The summed E-state index contributed by atoms with van der Waals surface area (Å²) in [6, 6.07) is 5.64. The number of aromatic nitrogens is 1. The van der Waals surface area contributed by atoms with Gasteiger partial charge in [-0.15, -0.1) is 0 Å². The van der Waals surface area contributed by atoms with Crippen LogP contribution in [0.5, 0.6) is 5.75 Å². The number of benzene rings is 1. The van der Waals surface area contributed by atoms with E-state index < -0.39 is 5.97 Å². The molecule has 0 aliphatic heterocycles. The fourth-order valence-corrected chi connectivity index (χ4v) is 1.88. The number of rotatable bonds is 4. The number of pyridine rings is 1. The summed E-state index contributed by atoms with van der Waals surface area (Å²) in [5.41, 5.74) is 0.804. The maximum absolute atomic E-state index is 12.9. The van der Waals surface area contributed by atoms with Crippen LogP contribution < -0.4 is 4.74 Å². The lowest BCUT2D eigenvalue weighted by molar-refractivity contribution is 0.0696. The zero-order valence-corrected chi connectivity index (χ0v) is 11.2. The van der Waals surface area contributed by atoms with Gasteiger partial charge in [-0.2, -0.15) is 0 Å². The molecule has 0 radical (unpaired) electrons. The predicted octanol–water partition coefficient (Wildman–Crippen LogP) is 3.26. The topological polar surface area (TPSA) is 59.4 Å². The molecule has 98 valence electrons. The van der Waals surface area contributed by atoms with Crippen LogP contribution in [0, 0.1) is 5.82 Å². The van der Waals surface area contributed by atoms with Crippen LogP contribution in [0.2, 0.25) is 0 Å². The van der Waals surface area contributed by atoms with Crippen molar-refractivity contribution in [3.63, 3.8) is 0 Å². The summed E-state index contributed by atoms with van der Waals surface area (Å²) in [5, 5.41) is 8.82. The minimum Gasteiger partial charge on any atom is -0.487 e. The summed E-state index contributed by atoms with van der Waals surface area (Å²) in [6.07, 6.45) is 2.66. The molecule has 19 heavy (non-hydrogen) atoms. The molecule has 0 saturated heterocycles. The van der Waals surface area contributed by atoms with Crippen molar-refractivity contribution in [3.8, 4) is 5.75 Å². The van der Waals surface area contributed by atoms with Crippen LogP contribution in [0.15, 0.2) is 41.1 Å². The Hall–Kier alpha value is -1.95. The highest BCUT2D eigenvalue weighted by molar-refractivity contribution is 9.10. The van der Waals surface area contributed by atoms with Gasteiger partial charge in [0, 0.05) is 16.2 Å². The second-order valence-corrected chi connectivity index (χ2v) is 4.59. The molecule has 0 atom stereocenters. The molecule has 2 rings (SSSR count). The minimum absolute atomic E-state index is 0.0515. The number of hydrogen-bond acceptors (Lipinski definition) is 3. The third kappa shape index (κ3) is 3.51. The lowest BCUT2D eigenvalue weighted by Gasteiger charge is -2.08. The molecule has 0 aliphatic carbocycles. The van der Waals surface area contributed by atoms with E-state index >= 15 is 0 Å². The highest BCUT2D eigenvalue weighted by Gasteiger charge is 2.06. The molecule has 0 amide bonds. The van der Waals surface area contributed by atoms with E-state index in [-0.39, 0.29) is 18.0 Å². The largest absolute Gasteiger partial charge is 0.487 e. The lowest BCUT2D eigenvalue weighted by atomic mass is 10.2. The molecule has 4 nitrogen and oxygen atoms in total. The molecule has 0 fully saturated rings. The zero-order chi connectivity index (χ0) is 13.8. The first-order chi connectivity index (χ1) is 9.06. The minimum atomic E-state index is -1.07. The van der Waals surface area contributed by atoms with Crippen molar-refractivity contribution in [2.45, 2.75) is 6.61 Å². The van der Waals surface area contributed by atoms with Crippen molar-refractivity contribution < 1.29 is 19.0 Å². The van der Waals surface area contributed by atoms with Crippen LogP contribution in [0.3, 0.4) is 0 Å². The Morgan fingerprint density at radius 2 is 2.16 bits per heavy atom. The molecule has 0 bridgehead atoms. The van der Waals surface area contributed by atoms with Crippen molar-refractivity contribution in [3.05, 3.63) is 58.1 Å². The summed E-state index contributed by atoms with van der Waals surface area (Å²) in [7, 11) is 0. The van der Waals surface area contributed by atoms with E-state index in [2.05, 4.69) is 20.9 Å². The Kier molecular flexibility index (Phi) is 4.11. The highest BCUT2D eigenvalue weighted by Crippen LogP contribution is 2.20. The summed E-state index contributed by atoms with van der Waals surface area (Å²) in [6.45, 7) is 0.186. The van der Waals surface area contributed by atoms with E-state index in [1.807, 2.05) is 0 Å². The molecule has 1 aromatic carbocycles. The van der Waals surface area contributed by atoms with Crippen LogP contribution in [0.25, 0.3) is 0 Å². The molecular formula is C13H9BrFNO3. The van der Waals surface area contributed by atoms with Crippen molar-refractivity contribution >= 4 is 21.9 Å². The van der Waals surface area contributed by atoms with Gasteiger partial charge in [0.25, 0.3) is 0 Å². The fraction of sp³-hybridized carbons (Fsp3) is 0.0769. The molecule has 0 aliphatic rings. The molecule has 1 N–H and O–H groups in total. The molecule has 6 heteroatoms. The SMILES string of the molecule is O=C(O)c1cncc(OCc2ccc(F)cc2Br)c1. The number of aromatic carboxylic acids is 1.